The summed E-state index contributed by atoms with van der Waals surface area (Å²) in [5.74, 6) is 0. The third kappa shape index (κ3) is 9.97. The second kappa shape index (κ2) is 14.1. The van der Waals surface area contributed by atoms with Gasteiger partial charge in [-0.15, -0.1) is 0 Å². The highest BCUT2D eigenvalue weighted by Crippen LogP contribution is 2.36. The second-order valence-electron chi connectivity index (χ2n) is 5.86. The standard InChI is InChI=1S/C16H34F4O8Si2/c1-7-23-29(6,24-8-2)16(19,20)28-15(17,18)12-21-13-22-14-30(25-9-3,26-10-4)27-11-5/h7-14H2,1-6H3. The van der Waals surface area contributed by atoms with E-state index in [9.17, 15) is 17.6 Å². The zero-order chi connectivity index (χ0) is 23.3. The van der Waals surface area contributed by atoms with Crippen LogP contribution in [-0.2, 0) is 36.3 Å². The zero-order valence-electron chi connectivity index (χ0n) is 18.4. The van der Waals surface area contributed by atoms with Crippen molar-refractivity contribution in [3.63, 3.8) is 0 Å². The summed E-state index contributed by atoms with van der Waals surface area (Å²) >= 11 is 0. The first-order valence-corrected chi connectivity index (χ1v) is 14.0. The van der Waals surface area contributed by atoms with Crippen LogP contribution in [0.2, 0.25) is 6.55 Å². The molecule has 0 N–H and O–H groups in total. The zero-order valence-corrected chi connectivity index (χ0v) is 20.4. The van der Waals surface area contributed by atoms with Crippen LogP contribution in [0.3, 0.4) is 0 Å². The van der Waals surface area contributed by atoms with E-state index < -0.39 is 42.6 Å². The Kier molecular flexibility index (Phi) is 14.0. The molecule has 0 saturated heterocycles. The van der Waals surface area contributed by atoms with E-state index in [2.05, 4.69) is 9.47 Å². The third-order valence-electron chi connectivity index (χ3n) is 3.45. The monoisotopic (exact) mass is 486 g/mol. The van der Waals surface area contributed by atoms with Gasteiger partial charge in [0.05, 0.1) is 0 Å². The van der Waals surface area contributed by atoms with Crippen LogP contribution in [-0.4, -0.2) is 81.9 Å². The Hall–Kier alpha value is -0.166. The Labute approximate surface area is 177 Å². The molecule has 0 heterocycles. The van der Waals surface area contributed by atoms with Crippen LogP contribution in [0.1, 0.15) is 34.6 Å². The average molecular weight is 487 g/mol. The van der Waals surface area contributed by atoms with Gasteiger partial charge in [-0.25, -0.2) is 0 Å². The van der Waals surface area contributed by atoms with Crippen molar-refractivity contribution in [1.29, 1.82) is 0 Å². The van der Waals surface area contributed by atoms with E-state index in [1.165, 1.54) is 13.8 Å². The molecule has 0 amide bonds. The molecule has 30 heavy (non-hydrogen) atoms. The number of alkyl halides is 4. The first-order valence-electron chi connectivity index (χ1n) is 9.78. The highest BCUT2D eigenvalue weighted by Gasteiger charge is 2.63. The Morgan fingerprint density at radius 1 is 0.667 bits per heavy atom. The smallest absolute Gasteiger partial charge is 0.389 e. The van der Waals surface area contributed by atoms with E-state index in [0.29, 0.717) is 19.8 Å². The van der Waals surface area contributed by atoms with E-state index in [0.717, 1.165) is 6.55 Å². The van der Waals surface area contributed by atoms with Crippen LogP contribution in [0.5, 0.6) is 0 Å². The highest BCUT2D eigenvalue weighted by atomic mass is 28.4. The maximum Gasteiger partial charge on any atom is 0.528 e. The lowest BCUT2D eigenvalue weighted by molar-refractivity contribution is -0.367. The van der Waals surface area contributed by atoms with Gasteiger partial charge >= 0.3 is 29.2 Å². The van der Waals surface area contributed by atoms with Gasteiger partial charge in [0.25, 0.3) is 0 Å². The summed E-state index contributed by atoms with van der Waals surface area (Å²) in [4.78, 5) is 0. The number of halogens is 4. The molecule has 14 heteroatoms. The van der Waals surface area contributed by atoms with Crippen LogP contribution in [0.15, 0.2) is 0 Å². The molecule has 0 saturated carbocycles. The van der Waals surface area contributed by atoms with Crippen molar-refractivity contribution in [1.82, 2.24) is 0 Å². The molecule has 8 nitrogen and oxygen atoms in total. The van der Waals surface area contributed by atoms with E-state index in [-0.39, 0.29) is 19.4 Å². The maximum atomic E-state index is 14.3. The summed E-state index contributed by atoms with van der Waals surface area (Å²) in [7, 11) is -7.50. The van der Waals surface area contributed by atoms with Crippen molar-refractivity contribution in [2.75, 3.05) is 52.7 Å². The fraction of sp³-hybridized carbons (Fsp3) is 1.00. The van der Waals surface area contributed by atoms with Gasteiger partial charge in [0.1, 0.15) is 19.6 Å². The van der Waals surface area contributed by atoms with Crippen molar-refractivity contribution in [3.8, 4) is 0 Å². The van der Waals surface area contributed by atoms with E-state index >= 15 is 0 Å². The Morgan fingerprint density at radius 2 is 1.10 bits per heavy atom. The van der Waals surface area contributed by atoms with Crippen LogP contribution in [0.4, 0.5) is 17.6 Å². The van der Waals surface area contributed by atoms with Crippen LogP contribution in [0.25, 0.3) is 0 Å². The highest BCUT2D eigenvalue weighted by molar-refractivity contribution is 6.68. The molecule has 182 valence electrons. The molecule has 0 aromatic carbocycles. The molecule has 0 bridgehead atoms. The minimum Gasteiger partial charge on any atom is -0.389 e. The summed E-state index contributed by atoms with van der Waals surface area (Å²) in [5, 5.41) is 0. The maximum absolute atomic E-state index is 14.3. The Balaban J connectivity index is 4.73. The molecule has 0 radical (unpaired) electrons. The molecule has 0 fully saturated rings. The number of ether oxygens (including phenoxy) is 3. The van der Waals surface area contributed by atoms with Gasteiger partial charge in [-0.1, -0.05) is 0 Å². The van der Waals surface area contributed by atoms with E-state index in [1.54, 1.807) is 20.8 Å². The molecule has 0 spiro atoms. The van der Waals surface area contributed by atoms with Crippen molar-refractivity contribution < 1.29 is 53.9 Å². The topological polar surface area (TPSA) is 73.8 Å². The van der Waals surface area contributed by atoms with Crippen LogP contribution >= 0.6 is 0 Å². The normalized spacial score (nSPS) is 13.8. The fourth-order valence-electron chi connectivity index (χ4n) is 2.37. The quantitative estimate of drug-likeness (QED) is 0.119. The Bertz CT molecular complexity index is 440. The summed E-state index contributed by atoms with van der Waals surface area (Å²) in [6.45, 7) is 7.66. The summed E-state index contributed by atoms with van der Waals surface area (Å²) in [6, 6.07) is 0. The summed E-state index contributed by atoms with van der Waals surface area (Å²) in [5.41, 5.74) is -4.31. The number of hydrogen-bond acceptors (Lipinski definition) is 8. The minimum atomic E-state index is -4.36. The lowest BCUT2D eigenvalue weighted by atomic mass is 10.7. The van der Waals surface area contributed by atoms with Gasteiger partial charge in [0.2, 0.25) is 0 Å². The van der Waals surface area contributed by atoms with Gasteiger partial charge in [-0.3, -0.25) is 4.74 Å². The number of rotatable bonds is 19. The average Bonchev–Trinajstić information content (AvgIpc) is 2.61. The lowest BCUT2D eigenvalue weighted by Gasteiger charge is -2.34. The van der Waals surface area contributed by atoms with Gasteiger partial charge in [-0.2, -0.15) is 17.6 Å². The van der Waals surface area contributed by atoms with E-state index in [4.69, 9.17) is 26.9 Å². The first kappa shape index (κ1) is 29.8. The van der Waals surface area contributed by atoms with Crippen molar-refractivity contribution >= 4 is 17.4 Å². The van der Waals surface area contributed by atoms with Crippen LogP contribution in [0, 0.1) is 0 Å². The first-order chi connectivity index (χ1) is 14.0. The van der Waals surface area contributed by atoms with Gasteiger partial charge in [-0.05, 0) is 41.2 Å². The molecule has 0 unspecified atom stereocenters. The summed E-state index contributed by atoms with van der Waals surface area (Å²) in [6.07, 6.45) is -4.45. The molecule has 0 aromatic rings. The molecule has 0 aromatic heterocycles. The van der Waals surface area contributed by atoms with Crippen molar-refractivity contribution in [2.45, 2.75) is 53.0 Å². The van der Waals surface area contributed by atoms with E-state index in [1.807, 2.05) is 0 Å². The SMILES string of the molecule is CCO[Si](COCOCC(F)(F)OC(F)(F)[Si](C)(OCC)OCC)(OCC)OCC. The lowest BCUT2D eigenvalue weighted by Crippen LogP contribution is -2.60. The minimum absolute atomic E-state index is 0.136. The summed E-state index contributed by atoms with van der Waals surface area (Å²) < 4.78 is 96.5. The van der Waals surface area contributed by atoms with Gasteiger partial charge in [0, 0.05) is 33.0 Å². The molecular formula is C16H34F4O8Si2. The molecule has 0 aliphatic heterocycles. The molecule has 0 atom stereocenters. The molecule has 0 aliphatic rings. The fourth-order valence-corrected chi connectivity index (χ4v) is 6.37. The van der Waals surface area contributed by atoms with Crippen molar-refractivity contribution in [2.24, 2.45) is 0 Å². The Morgan fingerprint density at radius 3 is 1.50 bits per heavy atom. The predicted octanol–water partition coefficient (Wildman–Crippen LogP) is 3.45. The van der Waals surface area contributed by atoms with Crippen LogP contribution < -0.4 is 0 Å². The number of hydrogen-bond donors (Lipinski definition) is 0. The molecular weight excluding hydrogens is 452 g/mol. The van der Waals surface area contributed by atoms with Gasteiger partial charge < -0.3 is 31.6 Å². The third-order valence-corrected chi connectivity index (χ3v) is 9.04. The molecule has 0 aliphatic carbocycles. The predicted molar refractivity (Wildman–Crippen MR) is 103 cm³/mol. The van der Waals surface area contributed by atoms with Gasteiger partial charge in [0.15, 0.2) is 0 Å². The molecule has 0 rings (SSSR count). The second-order valence-corrected chi connectivity index (χ2v) is 11.4. The van der Waals surface area contributed by atoms with Crippen molar-refractivity contribution in [3.05, 3.63) is 0 Å². The largest absolute Gasteiger partial charge is 0.528 e.